The summed E-state index contributed by atoms with van der Waals surface area (Å²) in [5, 5.41) is 4.55. The van der Waals surface area contributed by atoms with Gasteiger partial charge in [-0.25, -0.2) is 4.98 Å². The highest BCUT2D eigenvalue weighted by Crippen LogP contribution is 2.10. The minimum absolute atomic E-state index is 0.779. The van der Waals surface area contributed by atoms with Gasteiger partial charge in [0.25, 0.3) is 0 Å². The zero-order chi connectivity index (χ0) is 9.10. The molecule has 2 rings (SSSR count). The van der Waals surface area contributed by atoms with Gasteiger partial charge < -0.3 is 5.84 Å². The Kier molecular flexibility index (Phi) is 1.92. The molecule has 1 heterocycles. The molecule has 0 bridgehead atoms. The summed E-state index contributed by atoms with van der Waals surface area (Å²) in [5.74, 6) is 5.03. The van der Waals surface area contributed by atoms with Crippen LogP contribution in [0.4, 0.5) is 0 Å². The molecular weight excluding hydrogens is 162 g/mol. The van der Waals surface area contributed by atoms with Crippen molar-refractivity contribution in [3.8, 4) is 0 Å². The number of hydrogen-bond donors (Lipinski definition) is 1. The van der Waals surface area contributed by atoms with Crippen LogP contribution in [0.25, 0.3) is 10.9 Å². The number of hydrazone groups is 1. The van der Waals surface area contributed by atoms with Crippen LogP contribution >= 0.6 is 0 Å². The lowest BCUT2D eigenvalue weighted by molar-refractivity contribution is 1.25. The van der Waals surface area contributed by atoms with Crippen molar-refractivity contribution in [3.63, 3.8) is 0 Å². The second-order valence-corrected chi connectivity index (χ2v) is 2.71. The van der Waals surface area contributed by atoms with Crippen molar-refractivity contribution >= 4 is 17.1 Å². The third-order valence-electron chi connectivity index (χ3n) is 1.83. The summed E-state index contributed by atoms with van der Waals surface area (Å²) in [6, 6.07) is 11.8. The van der Waals surface area contributed by atoms with E-state index < -0.39 is 0 Å². The number of fused-ring (bicyclic) bond motifs is 1. The SMILES string of the molecule is N/N=C/c1ccc2ccccc2n1. The molecule has 2 N–H and O–H groups in total. The minimum Gasteiger partial charge on any atom is -0.323 e. The first-order valence-corrected chi connectivity index (χ1v) is 3.99. The molecule has 0 amide bonds. The molecule has 0 aliphatic carbocycles. The van der Waals surface area contributed by atoms with E-state index in [-0.39, 0.29) is 0 Å². The van der Waals surface area contributed by atoms with E-state index in [4.69, 9.17) is 5.84 Å². The summed E-state index contributed by atoms with van der Waals surface area (Å²) in [7, 11) is 0. The lowest BCUT2D eigenvalue weighted by Gasteiger charge is -1.96. The molecule has 13 heavy (non-hydrogen) atoms. The molecular formula is C10H9N3. The largest absolute Gasteiger partial charge is 0.323 e. The summed E-state index contributed by atoms with van der Waals surface area (Å²) in [6.07, 6.45) is 1.53. The summed E-state index contributed by atoms with van der Waals surface area (Å²) in [6.45, 7) is 0. The van der Waals surface area contributed by atoms with E-state index in [1.807, 2.05) is 36.4 Å². The van der Waals surface area contributed by atoms with Gasteiger partial charge in [0.2, 0.25) is 0 Å². The monoisotopic (exact) mass is 171 g/mol. The number of aromatic nitrogens is 1. The van der Waals surface area contributed by atoms with Crippen LogP contribution in [-0.2, 0) is 0 Å². The van der Waals surface area contributed by atoms with Crippen molar-refractivity contribution in [1.82, 2.24) is 4.98 Å². The first-order chi connectivity index (χ1) is 6.40. The van der Waals surface area contributed by atoms with E-state index in [0.717, 1.165) is 16.6 Å². The highest BCUT2D eigenvalue weighted by molar-refractivity contribution is 5.84. The smallest absolute Gasteiger partial charge is 0.0837 e. The van der Waals surface area contributed by atoms with Crippen LogP contribution in [0.5, 0.6) is 0 Å². The number of benzene rings is 1. The predicted octanol–water partition coefficient (Wildman–Crippen LogP) is 1.53. The van der Waals surface area contributed by atoms with Gasteiger partial charge in [-0.1, -0.05) is 24.3 Å². The summed E-state index contributed by atoms with van der Waals surface area (Å²) in [5.41, 5.74) is 1.74. The van der Waals surface area contributed by atoms with Gasteiger partial charge in [-0.3, -0.25) is 0 Å². The summed E-state index contributed by atoms with van der Waals surface area (Å²) in [4.78, 5) is 4.34. The van der Waals surface area contributed by atoms with E-state index in [9.17, 15) is 0 Å². The topological polar surface area (TPSA) is 51.3 Å². The molecule has 0 atom stereocenters. The Balaban J connectivity index is 2.62. The molecule has 64 valence electrons. The highest BCUT2D eigenvalue weighted by Gasteiger charge is 1.93. The molecule has 0 unspecified atom stereocenters. The maximum atomic E-state index is 5.03. The van der Waals surface area contributed by atoms with Gasteiger partial charge in [0.15, 0.2) is 0 Å². The van der Waals surface area contributed by atoms with Crippen molar-refractivity contribution < 1.29 is 0 Å². The van der Waals surface area contributed by atoms with Crippen molar-refractivity contribution in [2.75, 3.05) is 0 Å². The van der Waals surface area contributed by atoms with Crippen LogP contribution in [0.15, 0.2) is 41.5 Å². The minimum atomic E-state index is 0.779. The van der Waals surface area contributed by atoms with Gasteiger partial charge in [0.05, 0.1) is 17.4 Å². The van der Waals surface area contributed by atoms with Crippen molar-refractivity contribution in [3.05, 3.63) is 42.1 Å². The molecule has 0 saturated carbocycles. The first-order valence-electron chi connectivity index (χ1n) is 3.99. The fourth-order valence-corrected chi connectivity index (χ4v) is 1.23. The highest BCUT2D eigenvalue weighted by atomic mass is 15.1. The van der Waals surface area contributed by atoms with Gasteiger partial charge in [-0.05, 0) is 12.1 Å². The Bertz CT molecular complexity index is 449. The van der Waals surface area contributed by atoms with E-state index in [1.165, 1.54) is 6.21 Å². The molecule has 0 saturated heterocycles. The molecule has 2 aromatic rings. The van der Waals surface area contributed by atoms with E-state index >= 15 is 0 Å². The Morgan fingerprint density at radius 1 is 1.15 bits per heavy atom. The molecule has 1 aromatic heterocycles. The molecule has 3 heteroatoms. The molecule has 1 aromatic carbocycles. The van der Waals surface area contributed by atoms with Gasteiger partial charge in [-0.15, -0.1) is 0 Å². The number of pyridine rings is 1. The van der Waals surface area contributed by atoms with Crippen LogP contribution in [0, 0.1) is 0 Å². The Labute approximate surface area is 75.9 Å². The molecule has 0 aliphatic heterocycles. The van der Waals surface area contributed by atoms with Crippen molar-refractivity contribution in [2.24, 2.45) is 10.9 Å². The Morgan fingerprint density at radius 2 is 2.00 bits per heavy atom. The summed E-state index contributed by atoms with van der Waals surface area (Å²) >= 11 is 0. The van der Waals surface area contributed by atoms with E-state index in [2.05, 4.69) is 10.1 Å². The normalized spacial score (nSPS) is 11.1. The van der Waals surface area contributed by atoms with Crippen LogP contribution in [-0.4, -0.2) is 11.2 Å². The zero-order valence-corrected chi connectivity index (χ0v) is 7.01. The first kappa shape index (κ1) is 7.73. The molecule has 0 radical (unpaired) electrons. The second-order valence-electron chi connectivity index (χ2n) is 2.71. The van der Waals surface area contributed by atoms with Gasteiger partial charge in [0.1, 0.15) is 0 Å². The fourth-order valence-electron chi connectivity index (χ4n) is 1.23. The number of rotatable bonds is 1. The van der Waals surface area contributed by atoms with Gasteiger partial charge in [-0.2, -0.15) is 5.10 Å². The van der Waals surface area contributed by atoms with Gasteiger partial charge >= 0.3 is 0 Å². The van der Waals surface area contributed by atoms with Crippen LogP contribution in [0.1, 0.15) is 5.69 Å². The standard InChI is InChI=1S/C10H9N3/c11-12-7-9-6-5-8-3-1-2-4-10(8)13-9/h1-7H,11H2/b12-7+. The zero-order valence-electron chi connectivity index (χ0n) is 7.01. The molecule has 0 aliphatic rings. The van der Waals surface area contributed by atoms with Crippen molar-refractivity contribution in [2.45, 2.75) is 0 Å². The number of hydrogen-bond acceptors (Lipinski definition) is 3. The second kappa shape index (κ2) is 3.23. The predicted molar refractivity (Wildman–Crippen MR) is 53.5 cm³/mol. The lowest BCUT2D eigenvalue weighted by atomic mass is 10.2. The van der Waals surface area contributed by atoms with E-state index in [0.29, 0.717) is 0 Å². The van der Waals surface area contributed by atoms with Gasteiger partial charge in [0, 0.05) is 5.39 Å². The van der Waals surface area contributed by atoms with Crippen LogP contribution in [0.3, 0.4) is 0 Å². The quantitative estimate of drug-likeness (QED) is 0.402. The molecule has 0 fully saturated rings. The molecule has 0 spiro atoms. The Morgan fingerprint density at radius 3 is 2.85 bits per heavy atom. The number of nitrogens with zero attached hydrogens (tertiary/aromatic N) is 2. The number of nitrogens with two attached hydrogens (primary N) is 1. The summed E-state index contributed by atoms with van der Waals surface area (Å²) < 4.78 is 0. The molecule has 3 nitrogen and oxygen atoms in total. The van der Waals surface area contributed by atoms with Crippen LogP contribution in [0.2, 0.25) is 0 Å². The van der Waals surface area contributed by atoms with E-state index in [1.54, 1.807) is 0 Å². The van der Waals surface area contributed by atoms with Crippen LogP contribution < -0.4 is 5.84 Å². The average Bonchev–Trinajstić information content (AvgIpc) is 2.18. The van der Waals surface area contributed by atoms with Crippen molar-refractivity contribution in [1.29, 1.82) is 0 Å². The lowest BCUT2D eigenvalue weighted by Crippen LogP contribution is -1.90. The number of para-hydroxylation sites is 1. The average molecular weight is 171 g/mol. The third kappa shape index (κ3) is 1.49. The third-order valence-corrected chi connectivity index (χ3v) is 1.83. The Hall–Kier alpha value is -1.90. The maximum absolute atomic E-state index is 5.03. The fraction of sp³-hybridized carbons (Fsp3) is 0. The maximum Gasteiger partial charge on any atom is 0.0837 e.